The molecule has 8 atom stereocenters. The van der Waals surface area contributed by atoms with Crippen molar-refractivity contribution in [3.63, 3.8) is 0 Å². The van der Waals surface area contributed by atoms with Gasteiger partial charge in [0.15, 0.2) is 0 Å². The molecule has 0 heterocycles. The molecular weight excluding hydrogens is 388 g/mol. The molecule has 0 saturated heterocycles. The minimum Gasteiger partial charge on any atom is -0.481 e. The highest BCUT2D eigenvalue weighted by Crippen LogP contribution is 2.40. The minimum atomic E-state index is -0.844. The van der Waals surface area contributed by atoms with E-state index in [9.17, 15) is 14.7 Å². The Labute approximate surface area is 190 Å². The molecule has 8 unspecified atom stereocenters. The van der Waals surface area contributed by atoms with E-state index in [1.54, 1.807) is 0 Å². The maximum absolute atomic E-state index is 13.2. The molecule has 2 aliphatic rings. The van der Waals surface area contributed by atoms with Crippen molar-refractivity contribution in [3.8, 4) is 0 Å². The standard InChI is InChI=1S/C27H48O4/c1-17-8-12-22(23(14-17)25(28)29)26(30)31-24(13-9-18(2)16-27(5,6)7)21-11-10-19(3)20(4)15-21/h17-24H,8-16H2,1-7H3,(H,28,29). The van der Waals surface area contributed by atoms with Gasteiger partial charge in [-0.25, -0.2) is 0 Å². The van der Waals surface area contributed by atoms with Gasteiger partial charge in [-0.15, -0.1) is 0 Å². The largest absolute Gasteiger partial charge is 0.481 e. The minimum absolute atomic E-state index is 0.0707. The molecule has 0 radical (unpaired) electrons. The van der Waals surface area contributed by atoms with E-state index in [0.29, 0.717) is 41.9 Å². The van der Waals surface area contributed by atoms with Crippen LogP contribution in [0.25, 0.3) is 0 Å². The molecule has 4 heteroatoms. The molecule has 2 rings (SSSR count). The van der Waals surface area contributed by atoms with Crippen LogP contribution < -0.4 is 0 Å². The molecule has 4 nitrogen and oxygen atoms in total. The summed E-state index contributed by atoms with van der Waals surface area (Å²) in [6, 6.07) is 0. The Hall–Kier alpha value is -1.06. The number of carboxylic acid groups (broad SMARTS) is 1. The quantitative estimate of drug-likeness (QED) is 0.418. The zero-order chi connectivity index (χ0) is 23.3. The van der Waals surface area contributed by atoms with Crippen molar-refractivity contribution in [1.29, 1.82) is 0 Å². The van der Waals surface area contributed by atoms with Gasteiger partial charge < -0.3 is 9.84 Å². The number of carbonyl (C=O) groups excluding carboxylic acids is 1. The summed E-state index contributed by atoms with van der Waals surface area (Å²) in [7, 11) is 0. The third kappa shape index (κ3) is 8.09. The van der Waals surface area contributed by atoms with E-state index in [0.717, 1.165) is 44.4 Å². The van der Waals surface area contributed by atoms with Crippen molar-refractivity contribution in [2.45, 2.75) is 112 Å². The number of hydrogen-bond acceptors (Lipinski definition) is 3. The summed E-state index contributed by atoms with van der Waals surface area (Å²) in [6.45, 7) is 15.9. The molecule has 2 fully saturated rings. The van der Waals surface area contributed by atoms with E-state index >= 15 is 0 Å². The number of carbonyl (C=O) groups is 2. The van der Waals surface area contributed by atoms with Crippen molar-refractivity contribution in [1.82, 2.24) is 0 Å². The lowest BCUT2D eigenvalue weighted by Gasteiger charge is -2.38. The van der Waals surface area contributed by atoms with Gasteiger partial charge in [0.25, 0.3) is 0 Å². The number of ether oxygens (including phenoxy) is 1. The first-order chi connectivity index (χ1) is 14.4. The van der Waals surface area contributed by atoms with Crippen LogP contribution in [-0.2, 0) is 14.3 Å². The monoisotopic (exact) mass is 436 g/mol. The van der Waals surface area contributed by atoms with Gasteiger partial charge in [-0.05, 0) is 86.4 Å². The highest BCUT2D eigenvalue weighted by molar-refractivity contribution is 5.81. The van der Waals surface area contributed by atoms with E-state index in [2.05, 4.69) is 48.5 Å². The second kappa shape index (κ2) is 11.2. The van der Waals surface area contributed by atoms with Crippen LogP contribution >= 0.6 is 0 Å². The predicted octanol–water partition coefficient (Wildman–Crippen LogP) is 6.96. The fourth-order valence-corrected chi connectivity index (χ4v) is 6.09. The van der Waals surface area contributed by atoms with E-state index in [-0.39, 0.29) is 12.1 Å². The first-order valence-electron chi connectivity index (χ1n) is 12.8. The molecule has 0 aromatic carbocycles. The third-order valence-electron chi connectivity index (χ3n) is 8.07. The normalized spacial score (nSPS) is 34.0. The average Bonchev–Trinajstić information content (AvgIpc) is 2.65. The summed E-state index contributed by atoms with van der Waals surface area (Å²) < 4.78 is 6.21. The van der Waals surface area contributed by atoms with Crippen LogP contribution in [0.2, 0.25) is 0 Å². The highest BCUT2D eigenvalue weighted by Gasteiger charge is 2.41. The van der Waals surface area contributed by atoms with Gasteiger partial charge in [0.05, 0.1) is 11.8 Å². The maximum Gasteiger partial charge on any atom is 0.310 e. The summed E-state index contributed by atoms with van der Waals surface area (Å²) in [4.78, 5) is 25.0. The molecule has 0 aliphatic heterocycles. The zero-order valence-corrected chi connectivity index (χ0v) is 21.2. The average molecular weight is 437 g/mol. The summed E-state index contributed by atoms with van der Waals surface area (Å²) in [5.74, 6) is 0.553. The lowest BCUT2D eigenvalue weighted by molar-refractivity contribution is -0.168. The lowest BCUT2D eigenvalue weighted by atomic mass is 9.72. The van der Waals surface area contributed by atoms with Gasteiger partial charge in [-0.1, -0.05) is 54.9 Å². The van der Waals surface area contributed by atoms with Crippen molar-refractivity contribution >= 4 is 11.9 Å². The molecule has 31 heavy (non-hydrogen) atoms. The summed E-state index contributed by atoms with van der Waals surface area (Å²) >= 11 is 0. The maximum atomic E-state index is 13.2. The third-order valence-corrected chi connectivity index (χ3v) is 8.07. The van der Waals surface area contributed by atoms with E-state index in [1.807, 2.05) is 0 Å². The summed E-state index contributed by atoms with van der Waals surface area (Å²) in [5.41, 5.74) is 0.299. The second-order valence-electron chi connectivity index (χ2n) is 12.4. The van der Waals surface area contributed by atoms with Crippen molar-refractivity contribution in [2.24, 2.45) is 46.8 Å². The van der Waals surface area contributed by atoms with Crippen molar-refractivity contribution < 1.29 is 19.4 Å². The Bertz CT molecular complexity index is 593. The molecule has 180 valence electrons. The topological polar surface area (TPSA) is 63.6 Å². The van der Waals surface area contributed by atoms with Crippen LogP contribution in [0.15, 0.2) is 0 Å². The molecule has 0 aromatic rings. The van der Waals surface area contributed by atoms with Gasteiger partial charge in [-0.3, -0.25) is 9.59 Å². The number of rotatable bonds is 8. The second-order valence-corrected chi connectivity index (χ2v) is 12.4. The fraction of sp³-hybridized carbons (Fsp3) is 0.926. The highest BCUT2D eigenvalue weighted by atomic mass is 16.5. The Morgan fingerprint density at radius 2 is 1.61 bits per heavy atom. The molecule has 2 saturated carbocycles. The molecular formula is C27H48O4. The van der Waals surface area contributed by atoms with Crippen LogP contribution in [0.5, 0.6) is 0 Å². The summed E-state index contributed by atoms with van der Waals surface area (Å²) in [5, 5.41) is 9.70. The number of esters is 1. The fourth-order valence-electron chi connectivity index (χ4n) is 6.09. The van der Waals surface area contributed by atoms with E-state index in [4.69, 9.17) is 4.74 Å². The van der Waals surface area contributed by atoms with Crippen LogP contribution in [0.3, 0.4) is 0 Å². The lowest BCUT2D eigenvalue weighted by Crippen LogP contribution is -2.40. The van der Waals surface area contributed by atoms with Crippen molar-refractivity contribution in [3.05, 3.63) is 0 Å². The van der Waals surface area contributed by atoms with E-state index < -0.39 is 17.8 Å². The first-order valence-corrected chi connectivity index (χ1v) is 12.8. The molecule has 1 N–H and O–H groups in total. The molecule has 0 amide bonds. The number of aliphatic carboxylic acids is 1. The molecule has 2 aliphatic carbocycles. The van der Waals surface area contributed by atoms with Gasteiger partial charge in [0.2, 0.25) is 0 Å². The first kappa shape index (κ1) is 26.2. The zero-order valence-electron chi connectivity index (χ0n) is 21.2. The SMILES string of the molecule is CC1CCC(C(=O)OC(CCC(C)CC(C)(C)C)C2CCC(C)C(C)C2)C(C(=O)O)C1. The molecule has 0 bridgehead atoms. The smallest absolute Gasteiger partial charge is 0.310 e. The van der Waals surface area contributed by atoms with Gasteiger partial charge in [-0.2, -0.15) is 0 Å². The van der Waals surface area contributed by atoms with Gasteiger partial charge in [0.1, 0.15) is 6.10 Å². The van der Waals surface area contributed by atoms with Crippen LogP contribution in [0.4, 0.5) is 0 Å². The predicted molar refractivity (Wildman–Crippen MR) is 126 cm³/mol. The summed E-state index contributed by atoms with van der Waals surface area (Å²) in [6.07, 6.45) is 8.59. The van der Waals surface area contributed by atoms with Crippen LogP contribution in [-0.4, -0.2) is 23.1 Å². The van der Waals surface area contributed by atoms with Gasteiger partial charge >= 0.3 is 11.9 Å². The number of carboxylic acids is 1. The Balaban J connectivity index is 2.08. The number of hydrogen-bond donors (Lipinski definition) is 1. The van der Waals surface area contributed by atoms with Crippen molar-refractivity contribution in [2.75, 3.05) is 0 Å². The van der Waals surface area contributed by atoms with Crippen LogP contribution in [0, 0.1) is 46.8 Å². The van der Waals surface area contributed by atoms with Crippen LogP contribution in [0.1, 0.15) is 106 Å². The molecule has 0 aromatic heterocycles. The van der Waals surface area contributed by atoms with Gasteiger partial charge in [0, 0.05) is 0 Å². The molecule has 0 spiro atoms. The Kier molecular flexibility index (Phi) is 9.45. The van der Waals surface area contributed by atoms with E-state index in [1.165, 1.54) is 6.42 Å². The Morgan fingerprint density at radius 3 is 2.19 bits per heavy atom. The Morgan fingerprint density at radius 1 is 0.935 bits per heavy atom.